The molecule has 0 aliphatic carbocycles. The molecule has 8 nitrogen and oxygen atoms in total. The van der Waals surface area contributed by atoms with Crippen LogP contribution in [0, 0.1) is 0 Å². The fraction of sp³-hybridized carbons (Fsp3) is 0.400. The summed E-state index contributed by atoms with van der Waals surface area (Å²) in [5.41, 5.74) is 0.621. The van der Waals surface area contributed by atoms with Crippen molar-refractivity contribution in [1.29, 1.82) is 0 Å². The molecule has 1 aromatic heterocycles. The SMILES string of the molecule is COc1ccc(NC(=O)CSc2nnc(C(C)C)n2N)cc1OC. The lowest BCUT2D eigenvalue weighted by atomic mass is 10.2. The monoisotopic (exact) mass is 351 g/mol. The first kappa shape index (κ1) is 17.9. The molecule has 0 saturated carbocycles. The topological polar surface area (TPSA) is 104 Å². The van der Waals surface area contributed by atoms with Crippen molar-refractivity contribution in [2.24, 2.45) is 0 Å². The first-order valence-electron chi connectivity index (χ1n) is 7.31. The van der Waals surface area contributed by atoms with Gasteiger partial charge in [-0.1, -0.05) is 25.6 Å². The number of thioether (sulfide) groups is 1. The summed E-state index contributed by atoms with van der Waals surface area (Å²) in [4.78, 5) is 12.1. The molecule has 0 atom stereocenters. The Labute approximate surface area is 144 Å². The molecule has 24 heavy (non-hydrogen) atoms. The van der Waals surface area contributed by atoms with Gasteiger partial charge in [-0.05, 0) is 12.1 Å². The van der Waals surface area contributed by atoms with Gasteiger partial charge in [0.2, 0.25) is 11.1 Å². The highest BCUT2D eigenvalue weighted by molar-refractivity contribution is 7.99. The first-order chi connectivity index (χ1) is 11.5. The molecule has 2 rings (SSSR count). The number of nitrogen functional groups attached to an aromatic ring is 1. The van der Waals surface area contributed by atoms with Gasteiger partial charge in [-0.15, -0.1) is 10.2 Å². The summed E-state index contributed by atoms with van der Waals surface area (Å²) in [6.07, 6.45) is 0. The van der Waals surface area contributed by atoms with Gasteiger partial charge in [0.25, 0.3) is 0 Å². The second kappa shape index (κ2) is 7.91. The van der Waals surface area contributed by atoms with Crippen molar-refractivity contribution in [3.05, 3.63) is 24.0 Å². The van der Waals surface area contributed by atoms with E-state index in [9.17, 15) is 4.79 Å². The number of nitrogens with zero attached hydrogens (tertiary/aromatic N) is 3. The van der Waals surface area contributed by atoms with Gasteiger partial charge in [-0.3, -0.25) is 4.79 Å². The lowest BCUT2D eigenvalue weighted by Gasteiger charge is -2.10. The van der Waals surface area contributed by atoms with Crippen molar-refractivity contribution in [2.75, 3.05) is 31.1 Å². The van der Waals surface area contributed by atoms with E-state index in [0.29, 0.717) is 28.2 Å². The van der Waals surface area contributed by atoms with Crippen LogP contribution in [0.2, 0.25) is 0 Å². The van der Waals surface area contributed by atoms with Crippen LogP contribution < -0.4 is 20.6 Å². The third kappa shape index (κ3) is 4.10. The van der Waals surface area contributed by atoms with Crippen molar-refractivity contribution in [1.82, 2.24) is 14.9 Å². The molecule has 0 spiro atoms. The number of nitrogens with one attached hydrogen (secondary N) is 1. The Bertz CT molecular complexity index is 717. The molecule has 1 amide bonds. The van der Waals surface area contributed by atoms with Gasteiger partial charge < -0.3 is 20.6 Å². The predicted octanol–water partition coefficient (Wildman–Crippen LogP) is 1.86. The molecule has 0 saturated heterocycles. The van der Waals surface area contributed by atoms with Gasteiger partial charge in [0, 0.05) is 17.7 Å². The van der Waals surface area contributed by atoms with Gasteiger partial charge >= 0.3 is 0 Å². The molecule has 3 N–H and O–H groups in total. The van der Waals surface area contributed by atoms with E-state index < -0.39 is 0 Å². The third-order valence-electron chi connectivity index (χ3n) is 3.21. The molecule has 0 radical (unpaired) electrons. The van der Waals surface area contributed by atoms with Crippen LogP contribution in [0.15, 0.2) is 23.4 Å². The largest absolute Gasteiger partial charge is 0.493 e. The second-order valence-corrected chi connectivity index (χ2v) is 6.21. The maximum atomic E-state index is 12.1. The molecule has 2 aromatic rings. The van der Waals surface area contributed by atoms with Crippen LogP contribution in [-0.2, 0) is 4.79 Å². The Hall–Kier alpha value is -2.42. The maximum Gasteiger partial charge on any atom is 0.234 e. The predicted molar refractivity (Wildman–Crippen MR) is 93.2 cm³/mol. The fourth-order valence-electron chi connectivity index (χ4n) is 2.02. The molecule has 0 fully saturated rings. The van der Waals surface area contributed by atoms with E-state index in [1.165, 1.54) is 16.4 Å². The third-order valence-corrected chi connectivity index (χ3v) is 4.15. The van der Waals surface area contributed by atoms with Crippen LogP contribution in [0.3, 0.4) is 0 Å². The van der Waals surface area contributed by atoms with Gasteiger partial charge in [0.05, 0.1) is 20.0 Å². The van der Waals surface area contributed by atoms with Crippen LogP contribution in [0.5, 0.6) is 11.5 Å². The minimum atomic E-state index is -0.179. The van der Waals surface area contributed by atoms with E-state index in [2.05, 4.69) is 15.5 Å². The van der Waals surface area contributed by atoms with Crippen LogP contribution in [0.25, 0.3) is 0 Å². The number of nitrogens with two attached hydrogens (primary N) is 1. The number of hydrogen-bond acceptors (Lipinski definition) is 7. The van der Waals surface area contributed by atoms with Gasteiger partial charge in [-0.2, -0.15) is 0 Å². The van der Waals surface area contributed by atoms with E-state index in [4.69, 9.17) is 15.3 Å². The average Bonchev–Trinajstić information content (AvgIpc) is 2.93. The van der Waals surface area contributed by atoms with Gasteiger partial charge in [0.1, 0.15) is 0 Å². The Kier molecular flexibility index (Phi) is 5.91. The molecule has 9 heteroatoms. The highest BCUT2D eigenvalue weighted by Gasteiger charge is 2.15. The smallest absolute Gasteiger partial charge is 0.234 e. The molecule has 0 unspecified atom stereocenters. The normalized spacial score (nSPS) is 10.7. The number of methoxy groups -OCH3 is 2. The molecule has 0 aliphatic rings. The number of anilines is 1. The van der Waals surface area contributed by atoms with Crippen LogP contribution in [0.1, 0.15) is 25.6 Å². The van der Waals surface area contributed by atoms with Crippen LogP contribution in [-0.4, -0.2) is 40.8 Å². The number of benzene rings is 1. The molecule has 0 aliphatic heterocycles. The summed E-state index contributed by atoms with van der Waals surface area (Å²) in [7, 11) is 3.10. The minimum Gasteiger partial charge on any atom is -0.493 e. The van der Waals surface area contributed by atoms with Gasteiger partial charge in [-0.25, -0.2) is 4.68 Å². The zero-order valence-electron chi connectivity index (χ0n) is 14.1. The number of carbonyl (C=O) groups excluding carboxylic acids is 1. The fourth-order valence-corrected chi connectivity index (χ4v) is 2.69. The highest BCUT2D eigenvalue weighted by Crippen LogP contribution is 2.29. The average molecular weight is 351 g/mol. The first-order valence-corrected chi connectivity index (χ1v) is 8.29. The van der Waals surface area contributed by atoms with Crippen molar-refractivity contribution >= 4 is 23.4 Å². The summed E-state index contributed by atoms with van der Waals surface area (Å²) in [6.45, 7) is 3.96. The Morgan fingerprint density at radius 3 is 2.58 bits per heavy atom. The zero-order valence-corrected chi connectivity index (χ0v) is 14.9. The standard InChI is InChI=1S/C15H21N5O3S/c1-9(2)14-18-19-15(20(14)16)24-8-13(21)17-10-5-6-11(22-3)12(7-10)23-4/h5-7,9H,8,16H2,1-4H3,(H,17,21). The Morgan fingerprint density at radius 1 is 1.29 bits per heavy atom. The second-order valence-electron chi connectivity index (χ2n) is 5.27. The van der Waals surface area contributed by atoms with E-state index in [1.54, 1.807) is 32.4 Å². The number of hydrogen-bond donors (Lipinski definition) is 2. The maximum absolute atomic E-state index is 12.1. The molecule has 130 valence electrons. The van der Waals surface area contributed by atoms with E-state index in [1.807, 2.05) is 13.8 Å². The molecule has 1 heterocycles. The Morgan fingerprint density at radius 2 is 2.00 bits per heavy atom. The van der Waals surface area contributed by atoms with E-state index in [0.717, 1.165) is 0 Å². The van der Waals surface area contributed by atoms with Crippen LogP contribution in [0.4, 0.5) is 5.69 Å². The number of amides is 1. The molecular formula is C15H21N5O3S. The number of ether oxygens (including phenoxy) is 2. The van der Waals surface area contributed by atoms with E-state index in [-0.39, 0.29) is 17.6 Å². The van der Waals surface area contributed by atoms with Crippen molar-refractivity contribution in [3.63, 3.8) is 0 Å². The molecule has 1 aromatic carbocycles. The highest BCUT2D eigenvalue weighted by atomic mass is 32.2. The van der Waals surface area contributed by atoms with Crippen molar-refractivity contribution < 1.29 is 14.3 Å². The minimum absolute atomic E-state index is 0.164. The summed E-state index contributed by atoms with van der Waals surface area (Å²) in [5, 5.41) is 11.3. The van der Waals surface area contributed by atoms with Gasteiger partial charge in [0.15, 0.2) is 17.3 Å². The summed E-state index contributed by atoms with van der Waals surface area (Å²) in [6, 6.07) is 5.17. The van der Waals surface area contributed by atoms with E-state index >= 15 is 0 Å². The van der Waals surface area contributed by atoms with Crippen molar-refractivity contribution in [2.45, 2.75) is 24.9 Å². The molecule has 0 bridgehead atoms. The number of aromatic nitrogens is 3. The van der Waals surface area contributed by atoms with Crippen molar-refractivity contribution in [3.8, 4) is 11.5 Å². The lowest BCUT2D eigenvalue weighted by Crippen LogP contribution is -2.17. The van der Waals surface area contributed by atoms with Crippen LogP contribution >= 0.6 is 11.8 Å². The summed E-state index contributed by atoms with van der Waals surface area (Å²) >= 11 is 1.23. The Balaban J connectivity index is 1.96. The molecular weight excluding hydrogens is 330 g/mol. The quantitative estimate of drug-likeness (QED) is 0.579. The lowest BCUT2D eigenvalue weighted by molar-refractivity contribution is -0.113. The summed E-state index contributed by atoms with van der Waals surface area (Å²) in [5.74, 6) is 7.90. The zero-order chi connectivity index (χ0) is 17.7. The number of rotatable bonds is 7. The summed E-state index contributed by atoms with van der Waals surface area (Å²) < 4.78 is 11.8. The number of carbonyl (C=O) groups is 1.